The van der Waals surface area contributed by atoms with Gasteiger partial charge in [0, 0.05) is 11.6 Å². The SMILES string of the molecule is COc1ccc(-c2ccc(O)c3c2CCNC3C)c2c1C(O)=CCC2. The van der Waals surface area contributed by atoms with Crippen LogP contribution in [0.1, 0.15) is 41.6 Å². The summed E-state index contributed by atoms with van der Waals surface area (Å²) < 4.78 is 5.47. The third-order valence-electron chi connectivity index (χ3n) is 5.37. The number of fused-ring (bicyclic) bond motifs is 2. The lowest BCUT2D eigenvalue weighted by Gasteiger charge is -2.28. The predicted octanol–water partition coefficient (Wildman–Crippen LogP) is 4.12. The topological polar surface area (TPSA) is 61.7 Å². The van der Waals surface area contributed by atoms with Crippen LogP contribution in [0.25, 0.3) is 16.9 Å². The number of aromatic hydroxyl groups is 1. The highest BCUT2D eigenvalue weighted by Gasteiger charge is 2.26. The Morgan fingerprint density at radius 3 is 2.60 bits per heavy atom. The molecule has 1 heterocycles. The minimum Gasteiger partial charge on any atom is -0.508 e. The van der Waals surface area contributed by atoms with Crippen LogP contribution in [-0.4, -0.2) is 23.9 Å². The largest absolute Gasteiger partial charge is 0.508 e. The number of allylic oxidation sites excluding steroid dienone is 1. The van der Waals surface area contributed by atoms with Crippen molar-refractivity contribution >= 4 is 5.76 Å². The highest BCUT2D eigenvalue weighted by Crippen LogP contribution is 2.43. The first-order valence-electron chi connectivity index (χ1n) is 8.79. The molecule has 0 fully saturated rings. The molecule has 1 aliphatic carbocycles. The summed E-state index contributed by atoms with van der Waals surface area (Å²) in [4.78, 5) is 0. The quantitative estimate of drug-likeness (QED) is 0.771. The third-order valence-corrected chi connectivity index (χ3v) is 5.37. The molecule has 25 heavy (non-hydrogen) atoms. The van der Waals surface area contributed by atoms with Gasteiger partial charge in [-0.25, -0.2) is 0 Å². The van der Waals surface area contributed by atoms with Gasteiger partial charge in [-0.05, 0) is 73.2 Å². The number of hydrogen-bond acceptors (Lipinski definition) is 4. The number of nitrogens with one attached hydrogen (secondary N) is 1. The van der Waals surface area contributed by atoms with Crippen molar-refractivity contribution in [3.8, 4) is 22.6 Å². The van der Waals surface area contributed by atoms with Crippen LogP contribution in [0.3, 0.4) is 0 Å². The predicted molar refractivity (Wildman–Crippen MR) is 99.1 cm³/mol. The molecule has 0 aromatic heterocycles. The van der Waals surface area contributed by atoms with Crippen LogP contribution in [0.15, 0.2) is 30.3 Å². The second-order valence-electron chi connectivity index (χ2n) is 6.75. The molecule has 2 aromatic carbocycles. The molecule has 4 rings (SSSR count). The van der Waals surface area contributed by atoms with E-state index in [1.807, 2.05) is 18.2 Å². The molecule has 2 aromatic rings. The zero-order valence-electron chi connectivity index (χ0n) is 14.6. The Kier molecular flexibility index (Phi) is 3.92. The van der Waals surface area contributed by atoms with Crippen molar-refractivity contribution in [2.75, 3.05) is 13.7 Å². The molecule has 0 saturated heterocycles. The number of phenols is 1. The highest BCUT2D eigenvalue weighted by atomic mass is 16.5. The Morgan fingerprint density at radius 2 is 1.80 bits per heavy atom. The van der Waals surface area contributed by atoms with E-state index in [1.165, 1.54) is 5.56 Å². The summed E-state index contributed by atoms with van der Waals surface area (Å²) in [5.41, 5.74) is 6.39. The van der Waals surface area contributed by atoms with Gasteiger partial charge in [0.1, 0.15) is 17.3 Å². The number of hydrogen-bond donors (Lipinski definition) is 3. The van der Waals surface area contributed by atoms with Crippen molar-refractivity contribution in [3.63, 3.8) is 0 Å². The van der Waals surface area contributed by atoms with Gasteiger partial charge in [-0.1, -0.05) is 12.1 Å². The van der Waals surface area contributed by atoms with Crippen LogP contribution in [0.4, 0.5) is 0 Å². The normalized spacial score (nSPS) is 19.0. The second-order valence-corrected chi connectivity index (χ2v) is 6.75. The molecular weight excluding hydrogens is 314 g/mol. The summed E-state index contributed by atoms with van der Waals surface area (Å²) >= 11 is 0. The fraction of sp³-hybridized carbons (Fsp3) is 0.333. The highest BCUT2D eigenvalue weighted by molar-refractivity contribution is 5.82. The van der Waals surface area contributed by atoms with E-state index in [0.717, 1.165) is 53.6 Å². The van der Waals surface area contributed by atoms with E-state index in [-0.39, 0.29) is 6.04 Å². The first-order chi connectivity index (χ1) is 12.1. The maximum absolute atomic E-state index is 10.4. The Labute approximate surface area is 147 Å². The van der Waals surface area contributed by atoms with Crippen molar-refractivity contribution < 1.29 is 14.9 Å². The standard InChI is InChI=1S/C21H23NO3/c1-12-20-16(10-11-22-12)13(6-8-18(20)24)14-7-9-19(25-2)21-15(14)4-3-5-17(21)23/h5-9,12,22-24H,3-4,10-11H2,1-2H3. The first kappa shape index (κ1) is 16.0. The Hall–Kier alpha value is -2.46. The number of benzene rings is 2. The zero-order chi connectivity index (χ0) is 17.6. The number of methoxy groups -OCH3 is 1. The summed E-state index contributed by atoms with van der Waals surface area (Å²) in [7, 11) is 1.63. The number of phenolic OH excluding ortho intramolecular Hbond substituents is 1. The van der Waals surface area contributed by atoms with E-state index >= 15 is 0 Å². The van der Waals surface area contributed by atoms with E-state index in [4.69, 9.17) is 4.74 Å². The van der Waals surface area contributed by atoms with Crippen LogP contribution in [0.2, 0.25) is 0 Å². The van der Waals surface area contributed by atoms with Crippen LogP contribution < -0.4 is 10.1 Å². The second kappa shape index (κ2) is 6.12. The van der Waals surface area contributed by atoms with Gasteiger partial charge in [0.05, 0.1) is 12.7 Å². The summed E-state index contributed by atoms with van der Waals surface area (Å²) in [5, 5.41) is 24.2. The number of aliphatic hydroxyl groups is 1. The monoisotopic (exact) mass is 337 g/mol. The smallest absolute Gasteiger partial charge is 0.130 e. The van der Waals surface area contributed by atoms with Gasteiger partial charge in [0.2, 0.25) is 0 Å². The van der Waals surface area contributed by atoms with Crippen LogP contribution in [-0.2, 0) is 12.8 Å². The molecule has 2 aliphatic rings. The molecule has 1 unspecified atom stereocenters. The molecule has 0 radical (unpaired) electrons. The third kappa shape index (κ3) is 2.48. The van der Waals surface area contributed by atoms with E-state index in [2.05, 4.69) is 18.3 Å². The Balaban J connectivity index is 1.97. The zero-order valence-corrected chi connectivity index (χ0v) is 14.6. The molecule has 0 saturated carbocycles. The van der Waals surface area contributed by atoms with Crippen molar-refractivity contribution in [2.24, 2.45) is 0 Å². The van der Waals surface area contributed by atoms with Gasteiger partial charge in [-0.15, -0.1) is 0 Å². The van der Waals surface area contributed by atoms with Gasteiger partial charge < -0.3 is 20.3 Å². The fourth-order valence-electron chi connectivity index (χ4n) is 4.22. The Morgan fingerprint density at radius 1 is 1.04 bits per heavy atom. The molecule has 1 aliphatic heterocycles. The minimum absolute atomic E-state index is 0.131. The summed E-state index contributed by atoms with van der Waals surface area (Å²) in [6.45, 7) is 2.98. The van der Waals surface area contributed by atoms with E-state index in [1.54, 1.807) is 13.2 Å². The summed E-state index contributed by atoms with van der Waals surface area (Å²) in [5.74, 6) is 1.35. The van der Waals surface area contributed by atoms with Crippen molar-refractivity contribution in [1.82, 2.24) is 5.32 Å². The molecule has 4 nitrogen and oxygen atoms in total. The van der Waals surface area contributed by atoms with Crippen molar-refractivity contribution in [2.45, 2.75) is 32.2 Å². The molecular formula is C21H23NO3. The number of aliphatic hydroxyl groups excluding tert-OH is 1. The first-order valence-corrected chi connectivity index (χ1v) is 8.79. The van der Waals surface area contributed by atoms with Crippen LogP contribution >= 0.6 is 0 Å². The Bertz CT molecular complexity index is 870. The summed E-state index contributed by atoms with van der Waals surface area (Å²) in [6.07, 6.45) is 4.42. The van der Waals surface area contributed by atoms with E-state index in [9.17, 15) is 10.2 Å². The lowest BCUT2D eigenvalue weighted by atomic mass is 9.82. The number of rotatable bonds is 2. The van der Waals surface area contributed by atoms with Gasteiger partial charge >= 0.3 is 0 Å². The van der Waals surface area contributed by atoms with Gasteiger partial charge in [-0.2, -0.15) is 0 Å². The lowest BCUT2D eigenvalue weighted by Crippen LogP contribution is -2.28. The maximum atomic E-state index is 10.4. The summed E-state index contributed by atoms with van der Waals surface area (Å²) in [6, 6.07) is 7.92. The van der Waals surface area contributed by atoms with Gasteiger partial charge in [-0.3, -0.25) is 0 Å². The average Bonchev–Trinajstić information content (AvgIpc) is 2.62. The van der Waals surface area contributed by atoms with Crippen molar-refractivity contribution in [1.29, 1.82) is 0 Å². The number of ether oxygens (including phenoxy) is 1. The molecule has 3 N–H and O–H groups in total. The van der Waals surface area contributed by atoms with Gasteiger partial charge in [0.25, 0.3) is 0 Å². The molecule has 1 atom stereocenters. The minimum atomic E-state index is 0.131. The molecule has 130 valence electrons. The fourth-order valence-corrected chi connectivity index (χ4v) is 4.22. The van der Waals surface area contributed by atoms with Crippen LogP contribution in [0, 0.1) is 0 Å². The molecule has 0 bridgehead atoms. The van der Waals surface area contributed by atoms with Gasteiger partial charge in [0.15, 0.2) is 0 Å². The molecule has 0 spiro atoms. The maximum Gasteiger partial charge on any atom is 0.130 e. The molecule has 4 heteroatoms. The van der Waals surface area contributed by atoms with E-state index < -0.39 is 0 Å². The molecule has 0 amide bonds. The van der Waals surface area contributed by atoms with E-state index in [0.29, 0.717) is 17.3 Å². The van der Waals surface area contributed by atoms with Crippen molar-refractivity contribution in [3.05, 3.63) is 52.6 Å². The lowest BCUT2D eigenvalue weighted by molar-refractivity contribution is 0.407. The van der Waals surface area contributed by atoms with Crippen LogP contribution in [0.5, 0.6) is 11.5 Å². The average molecular weight is 337 g/mol.